The smallest absolute Gasteiger partial charge is 0.308 e. The molecule has 3 heteroatoms. The second kappa shape index (κ2) is 7.35. The molecule has 1 aliphatic heterocycles. The van der Waals surface area contributed by atoms with E-state index in [1.807, 2.05) is 6.07 Å². The van der Waals surface area contributed by atoms with Crippen molar-refractivity contribution in [2.75, 3.05) is 0 Å². The van der Waals surface area contributed by atoms with Gasteiger partial charge in [-0.3, -0.25) is 4.79 Å². The zero-order chi connectivity index (χ0) is 17.1. The lowest BCUT2D eigenvalue weighted by molar-refractivity contribution is -0.160. The Morgan fingerprint density at radius 1 is 1.25 bits per heavy atom. The molecule has 3 nitrogen and oxygen atoms in total. The predicted octanol–water partition coefficient (Wildman–Crippen LogP) is 4.00. The van der Waals surface area contributed by atoms with Crippen LogP contribution in [-0.4, -0.2) is 23.3 Å². The van der Waals surface area contributed by atoms with E-state index in [2.05, 4.69) is 49.9 Å². The Labute approximate surface area is 144 Å². The number of esters is 1. The van der Waals surface area contributed by atoms with Gasteiger partial charge in [-0.2, -0.15) is 0 Å². The number of allylic oxidation sites excluding steroid dienone is 3. The molecule has 0 radical (unpaired) electrons. The molecule has 2 aliphatic rings. The summed E-state index contributed by atoms with van der Waals surface area (Å²) in [7, 11) is 0. The van der Waals surface area contributed by atoms with Crippen LogP contribution >= 0.6 is 0 Å². The number of aliphatic hydroxyl groups is 1. The van der Waals surface area contributed by atoms with E-state index in [1.54, 1.807) is 0 Å². The fraction of sp³-hybridized carbons (Fsp3) is 0.476. The monoisotopic (exact) mass is 326 g/mol. The van der Waals surface area contributed by atoms with Gasteiger partial charge in [0.1, 0.15) is 6.10 Å². The van der Waals surface area contributed by atoms with Crippen molar-refractivity contribution in [1.29, 1.82) is 0 Å². The maximum Gasteiger partial charge on any atom is 0.308 e. The molecular weight excluding hydrogens is 300 g/mol. The van der Waals surface area contributed by atoms with Crippen LogP contribution in [0.1, 0.15) is 44.1 Å². The quantitative estimate of drug-likeness (QED) is 0.851. The molecule has 0 unspecified atom stereocenters. The van der Waals surface area contributed by atoms with Crippen LogP contribution in [0.4, 0.5) is 0 Å². The number of carbonyl (C=O) groups excluding carboxylic acids is 1. The SMILES string of the molecule is C=C1C=C[C@@H](C)[C@@H](CC[C@H]2C[C@H](O)CC(=O)O2)[C@@H]1c1ccccc1. The molecule has 0 aromatic heterocycles. The minimum absolute atomic E-state index is 0.127. The Balaban J connectivity index is 1.72. The molecule has 1 N–H and O–H groups in total. The van der Waals surface area contributed by atoms with E-state index in [1.165, 1.54) is 5.56 Å². The van der Waals surface area contributed by atoms with E-state index < -0.39 is 6.10 Å². The summed E-state index contributed by atoms with van der Waals surface area (Å²) < 4.78 is 5.41. The van der Waals surface area contributed by atoms with Crippen LogP contribution in [0.3, 0.4) is 0 Å². The predicted molar refractivity (Wildman–Crippen MR) is 94.5 cm³/mol. The van der Waals surface area contributed by atoms with Gasteiger partial charge in [0.2, 0.25) is 0 Å². The molecule has 0 spiro atoms. The van der Waals surface area contributed by atoms with Crippen molar-refractivity contribution in [2.45, 2.75) is 50.7 Å². The van der Waals surface area contributed by atoms with Gasteiger partial charge in [-0.25, -0.2) is 0 Å². The third-order valence-electron chi connectivity index (χ3n) is 5.33. The standard InChI is InChI=1S/C21H26O3/c1-14-8-9-15(2)21(16-6-4-3-5-7-16)19(14)11-10-18-12-17(22)13-20(23)24-18/h3-9,14,17-19,21-22H,2,10-13H2,1H3/t14-,17+,18+,19-,21+/m1/s1. The van der Waals surface area contributed by atoms with Crippen molar-refractivity contribution in [3.05, 3.63) is 60.2 Å². The molecule has 24 heavy (non-hydrogen) atoms. The van der Waals surface area contributed by atoms with Crippen molar-refractivity contribution in [3.8, 4) is 0 Å². The fourth-order valence-electron chi connectivity index (χ4n) is 4.07. The summed E-state index contributed by atoms with van der Waals surface area (Å²) in [4.78, 5) is 11.5. The first-order valence-electron chi connectivity index (χ1n) is 8.84. The van der Waals surface area contributed by atoms with Crippen LogP contribution in [0.2, 0.25) is 0 Å². The Bertz CT molecular complexity index is 619. The molecule has 1 heterocycles. The van der Waals surface area contributed by atoms with E-state index in [-0.39, 0.29) is 18.5 Å². The summed E-state index contributed by atoms with van der Waals surface area (Å²) in [6.07, 6.45) is 6.08. The second-order valence-corrected chi connectivity index (χ2v) is 7.13. The van der Waals surface area contributed by atoms with Gasteiger partial charge >= 0.3 is 5.97 Å². The van der Waals surface area contributed by atoms with Gasteiger partial charge in [0, 0.05) is 12.3 Å². The molecule has 1 saturated heterocycles. The van der Waals surface area contributed by atoms with Gasteiger partial charge in [0.05, 0.1) is 12.5 Å². The van der Waals surface area contributed by atoms with Gasteiger partial charge < -0.3 is 9.84 Å². The lowest BCUT2D eigenvalue weighted by atomic mass is 9.69. The molecule has 5 atom stereocenters. The highest BCUT2D eigenvalue weighted by atomic mass is 16.5. The highest BCUT2D eigenvalue weighted by Gasteiger charge is 2.33. The number of carbonyl (C=O) groups is 1. The Morgan fingerprint density at radius 3 is 2.71 bits per heavy atom. The summed E-state index contributed by atoms with van der Waals surface area (Å²) in [5.41, 5.74) is 2.44. The molecule has 1 aliphatic carbocycles. The summed E-state index contributed by atoms with van der Waals surface area (Å²) in [5.74, 6) is 0.905. The molecule has 1 aromatic rings. The number of aliphatic hydroxyl groups excluding tert-OH is 1. The zero-order valence-corrected chi connectivity index (χ0v) is 14.2. The third kappa shape index (κ3) is 3.78. The lowest BCUT2D eigenvalue weighted by Crippen LogP contribution is -2.33. The lowest BCUT2D eigenvalue weighted by Gasteiger charge is -2.36. The van der Waals surface area contributed by atoms with Crippen molar-refractivity contribution in [3.63, 3.8) is 0 Å². The Hall–Kier alpha value is -1.87. The normalized spacial score (nSPS) is 33.3. The van der Waals surface area contributed by atoms with E-state index in [4.69, 9.17) is 4.74 Å². The van der Waals surface area contributed by atoms with Gasteiger partial charge in [-0.15, -0.1) is 0 Å². The number of benzene rings is 1. The van der Waals surface area contributed by atoms with Crippen molar-refractivity contribution >= 4 is 5.97 Å². The number of ether oxygens (including phenoxy) is 1. The molecular formula is C21H26O3. The number of cyclic esters (lactones) is 1. The van der Waals surface area contributed by atoms with Gasteiger partial charge in [0.25, 0.3) is 0 Å². The zero-order valence-electron chi connectivity index (χ0n) is 14.2. The summed E-state index contributed by atoms with van der Waals surface area (Å²) >= 11 is 0. The highest BCUT2D eigenvalue weighted by Crippen LogP contribution is 2.43. The van der Waals surface area contributed by atoms with E-state index >= 15 is 0 Å². The average Bonchev–Trinajstić information content (AvgIpc) is 2.55. The molecule has 3 rings (SSSR count). The van der Waals surface area contributed by atoms with Crippen molar-refractivity contribution in [2.24, 2.45) is 11.8 Å². The largest absolute Gasteiger partial charge is 0.462 e. The third-order valence-corrected chi connectivity index (χ3v) is 5.33. The average molecular weight is 326 g/mol. The van der Waals surface area contributed by atoms with Crippen molar-refractivity contribution < 1.29 is 14.6 Å². The minimum Gasteiger partial charge on any atom is -0.462 e. The maximum absolute atomic E-state index is 11.5. The number of hydrogen-bond acceptors (Lipinski definition) is 3. The fourth-order valence-corrected chi connectivity index (χ4v) is 4.07. The first-order valence-corrected chi connectivity index (χ1v) is 8.84. The molecule has 0 bridgehead atoms. The molecule has 128 valence electrons. The topological polar surface area (TPSA) is 46.5 Å². The van der Waals surface area contributed by atoms with Gasteiger partial charge in [-0.05, 0) is 35.8 Å². The first kappa shape index (κ1) is 17.0. The second-order valence-electron chi connectivity index (χ2n) is 7.13. The molecule has 0 amide bonds. The molecule has 0 saturated carbocycles. The number of rotatable bonds is 4. The van der Waals surface area contributed by atoms with Crippen LogP contribution in [0.25, 0.3) is 0 Å². The summed E-state index contributed by atoms with van der Waals surface area (Å²) in [5, 5.41) is 9.78. The highest BCUT2D eigenvalue weighted by molar-refractivity contribution is 5.70. The van der Waals surface area contributed by atoms with Crippen LogP contribution in [0, 0.1) is 11.8 Å². The summed E-state index contributed by atoms with van der Waals surface area (Å²) in [6, 6.07) is 10.5. The molecule has 1 fully saturated rings. The molecule has 1 aromatic carbocycles. The summed E-state index contributed by atoms with van der Waals surface area (Å²) in [6.45, 7) is 6.50. The van der Waals surface area contributed by atoms with Crippen molar-refractivity contribution in [1.82, 2.24) is 0 Å². The van der Waals surface area contributed by atoms with Crippen LogP contribution < -0.4 is 0 Å². The van der Waals surface area contributed by atoms with Crippen LogP contribution in [0.5, 0.6) is 0 Å². The Kier molecular flexibility index (Phi) is 5.20. The van der Waals surface area contributed by atoms with E-state index in [9.17, 15) is 9.90 Å². The minimum atomic E-state index is -0.556. The van der Waals surface area contributed by atoms with Gasteiger partial charge in [-0.1, -0.05) is 56.0 Å². The van der Waals surface area contributed by atoms with Crippen LogP contribution in [-0.2, 0) is 9.53 Å². The number of hydrogen-bond donors (Lipinski definition) is 1. The van der Waals surface area contributed by atoms with Gasteiger partial charge in [0.15, 0.2) is 0 Å². The Morgan fingerprint density at radius 2 is 2.00 bits per heavy atom. The maximum atomic E-state index is 11.5. The van der Waals surface area contributed by atoms with E-state index in [0.717, 1.165) is 18.4 Å². The van der Waals surface area contributed by atoms with Crippen LogP contribution in [0.15, 0.2) is 54.6 Å². The van der Waals surface area contributed by atoms with E-state index in [0.29, 0.717) is 24.2 Å². The first-order chi connectivity index (χ1) is 11.5.